The second-order valence-electron chi connectivity index (χ2n) is 5.30. The van der Waals surface area contributed by atoms with Gasteiger partial charge in [0.15, 0.2) is 0 Å². The molecule has 1 atom stereocenters. The van der Waals surface area contributed by atoms with Crippen LogP contribution in [0.15, 0.2) is 35.6 Å². The first-order valence-corrected chi connectivity index (χ1v) is 7.63. The van der Waals surface area contributed by atoms with Crippen LogP contribution in [0.1, 0.15) is 45.4 Å². The molecule has 0 saturated carbocycles. The summed E-state index contributed by atoms with van der Waals surface area (Å²) < 4.78 is 0. The van der Waals surface area contributed by atoms with Crippen LogP contribution in [0.4, 0.5) is 4.79 Å². The maximum Gasteiger partial charge on any atom is 0.320 e. The minimum Gasteiger partial charge on any atom is -0.305 e. The first-order valence-electron chi connectivity index (χ1n) is 7.25. The third kappa shape index (κ3) is 3.73. The number of unbranched alkanes of at least 4 members (excludes halogenated alkanes) is 2. The largest absolute Gasteiger partial charge is 0.320 e. The lowest BCUT2D eigenvalue weighted by Crippen LogP contribution is -2.21. The van der Waals surface area contributed by atoms with Gasteiger partial charge in [0.25, 0.3) is 0 Å². The lowest BCUT2D eigenvalue weighted by molar-refractivity contribution is 0.239. The standard InChI is InChI=1S/C16H22ClNO/c1-2-3-5-10-14-11-18(16(17)19)12-15(14)13-8-6-4-7-9-13/h6,8-9,11,15H,2-5,7,10,12H2,1H3. The Morgan fingerprint density at radius 1 is 1.42 bits per heavy atom. The molecule has 0 N–H and O–H groups in total. The summed E-state index contributed by atoms with van der Waals surface area (Å²) in [5.41, 5.74) is 2.72. The summed E-state index contributed by atoms with van der Waals surface area (Å²) in [6.45, 7) is 2.92. The number of hydrogen-bond donors (Lipinski definition) is 0. The van der Waals surface area contributed by atoms with E-state index in [2.05, 4.69) is 25.2 Å². The van der Waals surface area contributed by atoms with Crippen molar-refractivity contribution in [2.45, 2.75) is 45.4 Å². The predicted octanol–water partition coefficient (Wildman–Crippen LogP) is 5.02. The van der Waals surface area contributed by atoms with Crippen molar-refractivity contribution in [2.75, 3.05) is 6.54 Å². The molecule has 0 radical (unpaired) electrons. The minimum atomic E-state index is -0.365. The lowest BCUT2D eigenvalue weighted by atomic mass is 9.87. The van der Waals surface area contributed by atoms with Crippen LogP contribution in [0.25, 0.3) is 0 Å². The van der Waals surface area contributed by atoms with Gasteiger partial charge in [0.05, 0.1) is 0 Å². The van der Waals surface area contributed by atoms with Crippen LogP contribution in [0.3, 0.4) is 0 Å². The number of nitrogens with zero attached hydrogens (tertiary/aromatic N) is 1. The molecule has 0 aromatic heterocycles. The van der Waals surface area contributed by atoms with Crippen molar-refractivity contribution < 1.29 is 4.79 Å². The molecule has 0 aromatic carbocycles. The third-order valence-electron chi connectivity index (χ3n) is 3.87. The van der Waals surface area contributed by atoms with Gasteiger partial charge >= 0.3 is 5.37 Å². The van der Waals surface area contributed by atoms with E-state index in [-0.39, 0.29) is 5.37 Å². The first kappa shape index (κ1) is 14.4. The van der Waals surface area contributed by atoms with Gasteiger partial charge in [-0.1, -0.05) is 38.0 Å². The second-order valence-corrected chi connectivity index (χ2v) is 5.63. The minimum absolute atomic E-state index is 0.358. The van der Waals surface area contributed by atoms with E-state index in [1.807, 2.05) is 6.20 Å². The molecule has 1 unspecified atom stereocenters. The maximum absolute atomic E-state index is 11.4. The smallest absolute Gasteiger partial charge is 0.305 e. The molecule has 2 rings (SSSR count). The highest BCUT2D eigenvalue weighted by atomic mass is 35.5. The van der Waals surface area contributed by atoms with Crippen LogP contribution in [-0.2, 0) is 0 Å². The molecule has 2 aliphatic rings. The van der Waals surface area contributed by atoms with Gasteiger partial charge in [-0.3, -0.25) is 4.79 Å². The van der Waals surface area contributed by atoms with Gasteiger partial charge in [-0.25, -0.2) is 0 Å². The molecule has 19 heavy (non-hydrogen) atoms. The Hall–Kier alpha value is -1.02. The van der Waals surface area contributed by atoms with Gasteiger partial charge in [0.2, 0.25) is 0 Å². The van der Waals surface area contributed by atoms with Crippen molar-refractivity contribution >= 4 is 17.0 Å². The van der Waals surface area contributed by atoms with E-state index < -0.39 is 0 Å². The molecule has 1 amide bonds. The molecule has 0 bridgehead atoms. The van der Waals surface area contributed by atoms with Gasteiger partial charge in [-0.2, -0.15) is 0 Å². The Balaban J connectivity index is 2.07. The Morgan fingerprint density at radius 2 is 2.26 bits per heavy atom. The lowest BCUT2D eigenvalue weighted by Gasteiger charge is -2.19. The van der Waals surface area contributed by atoms with Crippen LogP contribution in [0, 0.1) is 5.92 Å². The van der Waals surface area contributed by atoms with Crippen molar-refractivity contribution in [3.8, 4) is 0 Å². The zero-order valence-corrected chi connectivity index (χ0v) is 12.3. The number of halogens is 1. The number of allylic oxidation sites excluding steroid dienone is 3. The molecule has 2 nitrogen and oxygen atoms in total. The number of rotatable bonds is 5. The first-order chi connectivity index (χ1) is 9.22. The Bertz CT molecular complexity index is 422. The number of hydrogen-bond acceptors (Lipinski definition) is 1. The van der Waals surface area contributed by atoms with Gasteiger partial charge in [0.1, 0.15) is 0 Å². The van der Waals surface area contributed by atoms with E-state index >= 15 is 0 Å². The van der Waals surface area contributed by atoms with E-state index in [0.717, 1.165) is 19.3 Å². The quantitative estimate of drug-likeness (QED) is 0.393. The average molecular weight is 280 g/mol. The summed E-state index contributed by atoms with van der Waals surface area (Å²) in [6, 6.07) is 0. The molecule has 1 aliphatic carbocycles. The topological polar surface area (TPSA) is 20.3 Å². The summed E-state index contributed by atoms with van der Waals surface area (Å²) in [6.07, 6.45) is 15.7. The monoisotopic (exact) mass is 279 g/mol. The van der Waals surface area contributed by atoms with Crippen molar-refractivity contribution in [2.24, 2.45) is 5.92 Å². The Kier molecular flexibility index (Phi) is 5.26. The summed E-state index contributed by atoms with van der Waals surface area (Å²) in [4.78, 5) is 13.0. The highest BCUT2D eigenvalue weighted by Crippen LogP contribution is 2.34. The highest BCUT2D eigenvalue weighted by molar-refractivity contribution is 6.63. The van der Waals surface area contributed by atoms with E-state index in [9.17, 15) is 4.79 Å². The van der Waals surface area contributed by atoms with Gasteiger partial charge < -0.3 is 4.90 Å². The number of carbonyl (C=O) groups excluding carboxylic acids is 1. The molecule has 1 heterocycles. The van der Waals surface area contributed by atoms with E-state index in [1.165, 1.54) is 30.4 Å². The predicted molar refractivity (Wildman–Crippen MR) is 80.1 cm³/mol. The molecular weight excluding hydrogens is 258 g/mol. The highest BCUT2D eigenvalue weighted by Gasteiger charge is 2.28. The molecule has 3 heteroatoms. The molecular formula is C16H22ClNO. The van der Waals surface area contributed by atoms with Crippen LogP contribution in [0.2, 0.25) is 0 Å². The van der Waals surface area contributed by atoms with E-state index in [0.29, 0.717) is 12.5 Å². The van der Waals surface area contributed by atoms with Crippen molar-refractivity contribution in [3.63, 3.8) is 0 Å². The molecule has 1 aliphatic heterocycles. The fourth-order valence-electron chi connectivity index (χ4n) is 2.81. The van der Waals surface area contributed by atoms with Crippen molar-refractivity contribution in [1.82, 2.24) is 4.90 Å². The SMILES string of the molecule is CCCCCC1=CN(C(=O)Cl)CC1C1=CCCC=C1. The molecule has 0 fully saturated rings. The average Bonchev–Trinajstić information content (AvgIpc) is 2.84. The third-order valence-corrected chi connectivity index (χ3v) is 4.09. The zero-order chi connectivity index (χ0) is 13.7. The summed E-state index contributed by atoms with van der Waals surface area (Å²) in [7, 11) is 0. The molecule has 0 spiro atoms. The van der Waals surface area contributed by atoms with Crippen LogP contribution in [-0.4, -0.2) is 16.8 Å². The summed E-state index contributed by atoms with van der Waals surface area (Å²) >= 11 is 5.62. The van der Waals surface area contributed by atoms with E-state index in [4.69, 9.17) is 11.6 Å². The van der Waals surface area contributed by atoms with Crippen LogP contribution >= 0.6 is 11.6 Å². The fraction of sp³-hybridized carbons (Fsp3) is 0.562. The number of carbonyl (C=O) groups is 1. The summed E-state index contributed by atoms with van der Waals surface area (Å²) in [5.74, 6) is 0.358. The van der Waals surface area contributed by atoms with Gasteiger partial charge in [-0.15, -0.1) is 0 Å². The molecule has 0 saturated heterocycles. The Labute approximate surface area is 120 Å². The van der Waals surface area contributed by atoms with Crippen molar-refractivity contribution in [3.05, 3.63) is 35.6 Å². The van der Waals surface area contributed by atoms with Crippen LogP contribution < -0.4 is 0 Å². The van der Waals surface area contributed by atoms with E-state index in [1.54, 1.807) is 4.90 Å². The molecule has 0 aromatic rings. The van der Waals surface area contributed by atoms with Gasteiger partial charge in [0, 0.05) is 18.7 Å². The zero-order valence-electron chi connectivity index (χ0n) is 11.6. The Morgan fingerprint density at radius 3 is 2.89 bits per heavy atom. The van der Waals surface area contributed by atoms with Gasteiger partial charge in [-0.05, 0) is 48.4 Å². The maximum atomic E-state index is 11.4. The summed E-state index contributed by atoms with van der Waals surface area (Å²) in [5, 5.41) is -0.365. The normalized spacial score (nSPS) is 22.4. The number of amides is 1. The van der Waals surface area contributed by atoms with Crippen molar-refractivity contribution in [1.29, 1.82) is 0 Å². The second kappa shape index (κ2) is 6.95. The molecule has 104 valence electrons. The van der Waals surface area contributed by atoms with Crippen LogP contribution in [0.5, 0.6) is 0 Å². The fourth-order valence-corrected chi connectivity index (χ4v) is 2.93.